The summed E-state index contributed by atoms with van der Waals surface area (Å²) in [6, 6.07) is 7.77. The average molecular weight is 385 g/mol. The Morgan fingerprint density at radius 3 is 2.50 bits per heavy atom. The highest BCUT2D eigenvalue weighted by Gasteiger charge is 2.27. The molecule has 0 aliphatic rings. The minimum Gasteiger partial charge on any atom is -0.334 e. The molecule has 110 valence electrons. The second kappa shape index (κ2) is 7.81. The van der Waals surface area contributed by atoms with Crippen molar-refractivity contribution in [3.8, 4) is 0 Å². The summed E-state index contributed by atoms with van der Waals surface area (Å²) >= 11 is 2.23. The lowest BCUT2D eigenvalue weighted by Crippen LogP contribution is -2.46. The number of carbonyl (C=O) groups is 1. The molecule has 20 heavy (non-hydrogen) atoms. The summed E-state index contributed by atoms with van der Waals surface area (Å²) in [6.07, 6.45) is 5.03. The number of benzene rings is 1. The van der Waals surface area contributed by atoms with E-state index in [-0.39, 0.29) is 11.4 Å². The van der Waals surface area contributed by atoms with Crippen molar-refractivity contribution in [3.63, 3.8) is 0 Å². The van der Waals surface area contributed by atoms with Gasteiger partial charge in [-0.3, -0.25) is 4.79 Å². The quantitative estimate of drug-likeness (QED) is 0.388. The van der Waals surface area contributed by atoms with Crippen LogP contribution < -0.4 is 0 Å². The maximum Gasteiger partial charge on any atom is 0.255 e. The standard InChI is InChI=1S/C17H24INO/c1-5-6-7-10-13-19(17(2,3)4)16(20)14-11-8-9-12-15(14)18/h5,8-9,11-12H,1,6-7,10,13H2,2-4H3. The van der Waals surface area contributed by atoms with Gasteiger partial charge in [-0.2, -0.15) is 0 Å². The number of unbranched alkanes of at least 4 members (excludes halogenated alkanes) is 2. The Bertz CT molecular complexity index is 462. The molecule has 0 saturated heterocycles. The van der Waals surface area contributed by atoms with Crippen molar-refractivity contribution in [2.24, 2.45) is 0 Å². The first kappa shape index (κ1) is 17.2. The van der Waals surface area contributed by atoms with E-state index in [1.54, 1.807) is 0 Å². The molecule has 2 nitrogen and oxygen atoms in total. The number of rotatable bonds is 6. The minimum atomic E-state index is -0.163. The zero-order valence-electron chi connectivity index (χ0n) is 12.7. The number of hydrogen-bond acceptors (Lipinski definition) is 1. The van der Waals surface area contributed by atoms with Gasteiger partial charge in [0.05, 0.1) is 5.56 Å². The van der Waals surface area contributed by atoms with Gasteiger partial charge in [0.25, 0.3) is 5.91 Å². The maximum atomic E-state index is 12.8. The molecule has 0 aromatic heterocycles. The van der Waals surface area contributed by atoms with Crippen LogP contribution in [-0.2, 0) is 0 Å². The molecule has 0 saturated carbocycles. The van der Waals surface area contributed by atoms with Crippen molar-refractivity contribution >= 4 is 28.5 Å². The lowest BCUT2D eigenvalue weighted by atomic mass is 10.0. The van der Waals surface area contributed by atoms with Gasteiger partial charge in [-0.05, 0) is 74.8 Å². The zero-order chi connectivity index (χ0) is 15.2. The highest BCUT2D eigenvalue weighted by atomic mass is 127. The van der Waals surface area contributed by atoms with E-state index in [0.29, 0.717) is 0 Å². The van der Waals surface area contributed by atoms with Gasteiger partial charge in [-0.1, -0.05) is 18.2 Å². The van der Waals surface area contributed by atoms with Gasteiger partial charge in [-0.25, -0.2) is 0 Å². The molecule has 1 rings (SSSR count). The third kappa shape index (κ3) is 4.93. The molecule has 0 radical (unpaired) electrons. The Balaban J connectivity index is 2.86. The summed E-state index contributed by atoms with van der Waals surface area (Å²) in [7, 11) is 0. The summed E-state index contributed by atoms with van der Waals surface area (Å²) < 4.78 is 1.01. The number of amides is 1. The average Bonchev–Trinajstić information content (AvgIpc) is 2.37. The van der Waals surface area contributed by atoms with Crippen molar-refractivity contribution in [2.75, 3.05) is 6.54 Å². The molecule has 0 aliphatic heterocycles. The number of halogens is 1. The van der Waals surface area contributed by atoms with Gasteiger partial charge in [0, 0.05) is 15.7 Å². The van der Waals surface area contributed by atoms with E-state index in [0.717, 1.165) is 34.9 Å². The third-order valence-electron chi connectivity index (χ3n) is 3.20. The fraction of sp³-hybridized carbons (Fsp3) is 0.471. The molecule has 0 unspecified atom stereocenters. The van der Waals surface area contributed by atoms with E-state index >= 15 is 0 Å². The van der Waals surface area contributed by atoms with Gasteiger partial charge < -0.3 is 4.90 Å². The maximum absolute atomic E-state index is 12.8. The van der Waals surface area contributed by atoms with Crippen LogP contribution in [0.4, 0.5) is 0 Å². The van der Waals surface area contributed by atoms with Crippen molar-refractivity contribution in [1.82, 2.24) is 4.90 Å². The van der Waals surface area contributed by atoms with Crippen LogP contribution in [0.1, 0.15) is 50.4 Å². The van der Waals surface area contributed by atoms with Gasteiger partial charge in [-0.15, -0.1) is 6.58 Å². The van der Waals surface area contributed by atoms with E-state index in [4.69, 9.17) is 0 Å². The van der Waals surface area contributed by atoms with Crippen molar-refractivity contribution in [3.05, 3.63) is 46.1 Å². The highest BCUT2D eigenvalue weighted by molar-refractivity contribution is 14.1. The first-order valence-electron chi connectivity index (χ1n) is 7.05. The largest absolute Gasteiger partial charge is 0.334 e. The van der Waals surface area contributed by atoms with E-state index in [1.807, 2.05) is 35.2 Å². The van der Waals surface area contributed by atoms with Crippen LogP contribution in [0.5, 0.6) is 0 Å². The molecule has 0 aliphatic carbocycles. The molecule has 0 spiro atoms. The minimum absolute atomic E-state index is 0.126. The van der Waals surface area contributed by atoms with E-state index in [2.05, 4.69) is 49.9 Å². The second-order valence-corrected chi connectivity index (χ2v) is 7.05. The summed E-state index contributed by atoms with van der Waals surface area (Å²) in [6.45, 7) is 10.8. The predicted molar refractivity (Wildman–Crippen MR) is 94.0 cm³/mol. The molecule has 1 amide bonds. The van der Waals surface area contributed by atoms with Gasteiger partial charge in [0.15, 0.2) is 0 Å². The van der Waals surface area contributed by atoms with E-state index in [9.17, 15) is 4.79 Å². The lowest BCUT2D eigenvalue weighted by molar-refractivity contribution is 0.0577. The molecule has 0 atom stereocenters. The lowest BCUT2D eigenvalue weighted by Gasteiger charge is -2.36. The fourth-order valence-electron chi connectivity index (χ4n) is 2.08. The van der Waals surface area contributed by atoms with Gasteiger partial charge in [0.1, 0.15) is 0 Å². The van der Waals surface area contributed by atoms with Crippen LogP contribution >= 0.6 is 22.6 Å². The Hall–Kier alpha value is -0.840. The monoisotopic (exact) mass is 385 g/mol. The summed E-state index contributed by atoms with van der Waals surface area (Å²) in [5.41, 5.74) is 0.635. The molecule has 1 aromatic rings. The summed E-state index contributed by atoms with van der Waals surface area (Å²) in [5.74, 6) is 0.126. The Morgan fingerprint density at radius 1 is 1.30 bits per heavy atom. The van der Waals surface area contributed by atoms with Crippen molar-refractivity contribution in [1.29, 1.82) is 0 Å². The van der Waals surface area contributed by atoms with Crippen LogP contribution in [-0.4, -0.2) is 22.9 Å². The molecule has 1 aromatic carbocycles. The zero-order valence-corrected chi connectivity index (χ0v) is 14.8. The van der Waals surface area contributed by atoms with Crippen LogP contribution in [0, 0.1) is 3.57 Å². The Kier molecular flexibility index (Phi) is 6.72. The molecule has 0 fully saturated rings. The molecular weight excluding hydrogens is 361 g/mol. The molecule has 3 heteroatoms. The van der Waals surface area contributed by atoms with Crippen molar-refractivity contribution < 1.29 is 4.79 Å². The van der Waals surface area contributed by atoms with Crippen LogP contribution in [0.25, 0.3) is 0 Å². The molecular formula is C17H24INO. The SMILES string of the molecule is C=CCCCCN(C(=O)c1ccccc1I)C(C)(C)C. The topological polar surface area (TPSA) is 20.3 Å². The first-order chi connectivity index (χ1) is 9.38. The Morgan fingerprint density at radius 2 is 1.95 bits per heavy atom. The normalized spacial score (nSPS) is 11.2. The van der Waals surface area contributed by atoms with Crippen LogP contribution in [0.15, 0.2) is 36.9 Å². The smallest absolute Gasteiger partial charge is 0.255 e. The Labute approximate surface area is 136 Å². The fourth-order valence-corrected chi connectivity index (χ4v) is 2.70. The van der Waals surface area contributed by atoms with E-state index < -0.39 is 0 Å². The van der Waals surface area contributed by atoms with Crippen LogP contribution in [0.2, 0.25) is 0 Å². The summed E-state index contributed by atoms with van der Waals surface area (Å²) in [4.78, 5) is 14.8. The molecule has 0 bridgehead atoms. The number of carbonyl (C=O) groups excluding carboxylic acids is 1. The number of nitrogens with zero attached hydrogens (tertiary/aromatic N) is 1. The number of hydrogen-bond donors (Lipinski definition) is 0. The van der Waals surface area contributed by atoms with Gasteiger partial charge >= 0.3 is 0 Å². The van der Waals surface area contributed by atoms with Crippen molar-refractivity contribution in [2.45, 2.75) is 45.6 Å². The summed E-state index contributed by atoms with van der Waals surface area (Å²) in [5, 5.41) is 0. The number of allylic oxidation sites excluding steroid dienone is 1. The predicted octanol–water partition coefficient (Wildman–Crippen LogP) is 4.89. The molecule has 0 N–H and O–H groups in total. The van der Waals surface area contributed by atoms with Gasteiger partial charge in [0.2, 0.25) is 0 Å². The van der Waals surface area contributed by atoms with E-state index in [1.165, 1.54) is 0 Å². The third-order valence-corrected chi connectivity index (χ3v) is 4.14. The molecule has 0 heterocycles. The first-order valence-corrected chi connectivity index (χ1v) is 8.13. The highest BCUT2D eigenvalue weighted by Crippen LogP contribution is 2.21. The second-order valence-electron chi connectivity index (χ2n) is 5.89. The van der Waals surface area contributed by atoms with Crippen LogP contribution in [0.3, 0.4) is 0 Å².